The van der Waals surface area contributed by atoms with Crippen LogP contribution in [-0.4, -0.2) is 3.21 Å². The Hall–Kier alpha value is -3.87. The maximum Gasteiger partial charge on any atom is -1.00 e. The van der Waals surface area contributed by atoms with Crippen LogP contribution in [0, 0.1) is 0 Å². The summed E-state index contributed by atoms with van der Waals surface area (Å²) < 4.78 is 3.80. The van der Waals surface area contributed by atoms with Gasteiger partial charge in [-0.3, -0.25) is 0 Å². The molecule has 0 aliphatic heterocycles. The van der Waals surface area contributed by atoms with Crippen LogP contribution in [0.5, 0.6) is 0 Å². The van der Waals surface area contributed by atoms with Crippen molar-refractivity contribution in [3.05, 3.63) is 225 Å². The molecule has 2 aliphatic carbocycles. The van der Waals surface area contributed by atoms with Crippen LogP contribution < -0.4 is 24.8 Å². The quantitative estimate of drug-likeness (QED) is 0.205. The molecule has 0 atom stereocenters. The molecule has 0 bridgehead atoms. The van der Waals surface area contributed by atoms with E-state index in [1.165, 1.54) is 44.5 Å². The summed E-state index contributed by atoms with van der Waals surface area (Å²) in [6.07, 6.45) is 8.25. The third-order valence-electron chi connectivity index (χ3n) is 9.70. The fourth-order valence-electron chi connectivity index (χ4n) is 7.81. The normalized spacial score (nSPS) is 12.7. The van der Waals surface area contributed by atoms with Crippen molar-refractivity contribution in [1.82, 2.24) is 0 Å². The molecule has 0 nitrogen and oxygen atoms in total. The van der Waals surface area contributed by atoms with Crippen LogP contribution in [-0.2, 0) is 21.3 Å². The summed E-state index contributed by atoms with van der Waals surface area (Å²) in [5, 5.41) is 0. The van der Waals surface area contributed by atoms with E-state index in [1.54, 1.807) is 6.49 Å². The van der Waals surface area contributed by atoms with Crippen LogP contribution in [0.4, 0.5) is 0 Å². The van der Waals surface area contributed by atoms with Gasteiger partial charge in [0.05, 0.1) is 0 Å². The number of fused-ring (bicyclic) bond motifs is 3. The van der Waals surface area contributed by atoms with Gasteiger partial charge in [-0.1, -0.05) is 0 Å². The molecule has 234 valence electrons. The summed E-state index contributed by atoms with van der Waals surface area (Å²) in [6, 6.07) is 63.9. The largest absolute Gasteiger partial charge is 1.00 e. The van der Waals surface area contributed by atoms with E-state index < -0.39 is 21.3 Å². The molecule has 0 unspecified atom stereocenters. The Morgan fingerprint density at radius 3 is 1.17 bits per heavy atom. The van der Waals surface area contributed by atoms with Crippen LogP contribution in [0.3, 0.4) is 0 Å². The summed E-state index contributed by atoms with van der Waals surface area (Å²) in [4.78, 5) is 0. The number of allylic oxidation sites excluding steroid dienone is 4. The van der Waals surface area contributed by atoms with Crippen molar-refractivity contribution in [1.29, 1.82) is 0 Å². The van der Waals surface area contributed by atoms with Gasteiger partial charge in [0.1, 0.15) is 0 Å². The predicted octanol–water partition coefficient (Wildman–Crippen LogP) is 5.06. The minimum atomic E-state index is -2.90. The smallest absolute Gasteiger partial charge is 1.00 e. The molecule has 0 fully saturated rings. The van der Waals surface area contributed by atoms with E-state index in [2.05, 4.69) is 188 Å². The van der Waals surface area contributed by atoms with E-state index >= 15 is 0 Å². The third-order valence-corrected chi connectivity index (χ3v) is 18.2. The summed E-state index contributed by atoms with van der Waals surface area (Å²) in [7, 11) is 0. The van der Waals surface area contributed by atoms with Gasteiger partial charge in [-0.05, 0) is 0 Å². The van der Waals surface area contributed by atoms with Gasteiger partial charge in [-0.2, -0.15) is 0 Å². The second-order valence-electron chi connectivity index (χ2n) is 12.3. The average molecular weight is 739 g/mol. The number of halogens is 2. The predicted molar refractivity (Wildman–Crippen MR) is 190 cm³/mol. The first kappa shape index (κ1) is 34.0. The van der Waals surface area contributed by atoms with E-state index in [0.29, 0.717) is 3.63 Å². The Morgan fingerprint density at radius 1 is 0.458 bits per heavy atom. The van der Waals surface area contributed by atoms with Gasteiger partial charge in [-0.15, -0.1) is 0 Å². The van der Waals surface area contributed by atoms with Crippen molar-refractivity contribution in [2.75, 3.05) is 0 Å². The molecule has 0 radical (unpaired) electrons. The van der Waals surface area contributed by atoms with Gasteiger partial charge in [0.2, 0.25) is 0 Å². The molecule has 0 saturated carbocycles. The SMILES string of the molecule is C1=CC[C]([Zr+2](=[C](C(c2ccccc2)c2ccccc2)C(c2ccccc2)c2ccccc2)[CH]2c3ccccc3-c3ccccc32)=C1.[Cl-].[Cl-]. The zero-order chi connectivity index (χ0) is 30.7. The van der Waals surface area contributed by atoms with Gasteiger partial charge in [0.25, 0.3) is 0 Å². The molecule has 0 amide bonds. The van der Waals surface area contributed by atoms with Gasteiger partial charge in [0, 0.05) is 0 Å². The minimum Gasteiger partial charge on any atom is -1.00 e. The Bertz CT molecular complexity index is 1860. The van der Waals surface area contributed by atoms with Gasteiger partial charge < -0.3 is 24.8 Å². The zero-order valence-corrected chi connectivity index (χ0v) is 30.6. The van der Waals surface area contributed by atoms with E-state index in [4.69, 9.17) is 0 Å². The zero-order valence-electron chi connectivity index (χ0n) is 26.6. The molecule has 48 heavy (non-hydrogen) atoms. The van der Waals surface area contributed by atoms with Crippen molar-refractivity contribution in [2.24, 2.45) is 0 Å². The summed E-state index contributed by atoms with van der Waals surface area (Å²) in [5.41, 5.74) is 11.4. The second kappa shape index (κ2) is 15.6. The monoisotopic (exact) mass is 736 g/mol. The maximum atomic E-state index is 2.50. The first-order chi connectivity index (χ1) is 22.9. The molecule has 0 spiro atoms. The Morgan fingerprint density at radius 2 is 0.812 bits per heavy atom. The molecule has 8 rings (SSSR count). The molecule has 6 aromatic rings. The Kier molecular flexibility index (Phi) is 11.0. The molecular weight excluding hydrogens is 703 g/mol. The average Bonchev–Trinajstić information content (AvgIpc) is 3.78. The number of benzene rings is 6. The Balaban J connectivity index is 0.00000201. The molecule has 0 aromatic heterocycles. The molecular formula is C45H36Cl2Zr. The van der Waals surface area contributed by atoms with Gasteiger partial charge in [-0.25, -0.2) is 0 Å². The first-order valence-electron chi connectivity index (χ1n) is 16.4. The summed E-state index contributed by atoms with van der Waals surface area (Å²) in [5.74, 6) is 0.312. The van der Waals surface area contributed by atoms with Gasteiger partial charge >= 0.3 is 282 Å². The second-order valence-corrected chi connectivity index (χ2v) is 18.8. The first-order valence-corrected chi connectivity index (χ1v) is 20.2. The van der Waals surface area contributed by atoms with Crippen LogP contribution in [0.2, 0.25) is 0 Å². The van der Waals surface area contributed by atoms with Crippen molar-refractivity contribution in [3.8, 4) is 11.1 Å². The van der Waals surface area contributed by atoms with Crippen LogP contribution >= 0.6 is 0 Å². The standard InChI is InChI=1S/C27H22.C13H9.C5H5.2ClH.Zr/c1-5-13-22(14-6-1)26(23-15-7-2-8-16-23)21-27(24-17-9-3-10-18-24)25-19-11-4-12-20-25;1-3-7-12-10(5-1)9-11-6-2-4-8-13(11)12;1-2-4-5-3-1;;;/h1-20,26-27H;1-9H;1-3H,4H2;2*1H;/q;;;;;+2/p-2. The van der Waals surface area contributed by atoms with Crippen molar-refractivity contribution in [3.63, 3.8) is 0 Å². The molecule has 0 heterocycles. The Labute approximate surface area is 304 Å². The number of rotatable bonds is 8. The van der Waals surface area contributed by atoms with Crippen molar-refractivity contribution >= 4 is 3.21 Å². The fourth-order valence-corrected chi connectivity index (χ4v) is 17.9. The van der Waals surface area contributed by atoms with Crippen LogP contribution in [0.25, 0.3) is 11.1 Å². The number of hydrogen-bond acceptors (Lipinski definition) is 0. The topological polar surface area (TPSA) is 0 Å². The number of hydrogen-bond donors (Lipinski definition) is 0. The van der Waals surface area contributed by atoms with Crippen LogP contribution in [0.15, 0.2) is 191 Å². The van der Waals surface area contributed by atoms with E-state index in [-0.39, 0.29) is 36.6 Å². The fraction of sp³-hybridized carbons (Fsp3) is 0.0889. The molecule has 2 aliphatic rings. The molecule has 0 saturated heterocycles. The van der Waals surface area contributed by atoms with Gasteiger partial charge in [0.15, 0.2) is 0 Å². The molecule has 6 aromatic carbocycles. The van der Waals surface area contributed by atoms with E-state index in [1.807, 2.05) is 0 Å². The van der Waals surface area contributed by atoms with Crippen LogP contribution in [0.1, 0.15) is 55.3 Å². The molecule has 3 heteroatoms. The van der Waals surface area contributed by atoms with Crippen molar-refractivity contribution in [2.45, 2.75) is 21.9 Å². The van der Waals surface area contributed by atoms with Crippen molar-refractivity contribution < 1.29 is 46.1 Å². The van der Waals surface area contributed by atoms with E-state index in [0.717, 1.165) is 6.42 Å². The maximum absolute atomic E-state index is 2.90. The minimum absolute atomic E-state index is 0. The summed E-state index contributed by atoms with van der Waals surface area (Å²) in [6.45, 7) is 0. The third kappa shape index (κ3) is 6.45. The molecule has 0 N–H and O–H groups in total. The van der Waals surface area contributed by atoms with E-state index in [9.17, 15) is 0 Å². The summed E-state index contributed by atoms with van der Waals surface area (Å²) >= 11 is -2.90.